The molecule has 13 heavy (non-hydrogen) atoms. The summed E-state index contributed by atoms with van der Waals surface area (Å²) in [4.78, 5) is 11.5. The number of carbonyl (C=O) groups is 1. The molecule has 0 bridgehead atoms. The van der Waals surface area contributed by atoms with E-state index >= 15 is 0 Å². The largest absolute Gasteiger partial charge is 0.481 e. The molecular weight excluding hydrogens is 234 g/mol. The maximum Gasteiger partial charge on any atom is 0.308 e. The zero-order chi connectivity index (χ0) is 9.42. The molecule has 0 aromatic heterocycles. The molecule has 1 aliphatic heterocycles. The van der Waals surface area contributed by atoms with Gasteiger partial charge in [-0.3, -0.25) is 4.79 Å². The summed E-state index contributed by atoms with van der Waals surface area (Å²) in [6.07, 6.45) is 3.24. The van der Waals surface area contributed by atoms with E-state index < -0.39 is 5.97 Å². The van der Waals surface area contributed by atoms with E-state index in [1.807, 2.05) is 0 Å². The first-order chi connectivity index (χ1) is 6.18. The number of halogens is 1. The normalized spacial score (nSPS) is 44.4. The number of hydrogen-bond donors (Lipinski definition) is 2. The van der Waals surface area contributed by atoms with E-state index in [0.717, 1.165) is 19.3 Å². The number of carboxylic acid groups (broad SMARTS) is 1. The van der Waals surface area contributed by atoms with Gasteiger partial charge in [0.2, 0.25) is 0 Å². The van der Waals surface area contributed by atoms with Crippen LogP contribution in [0.2, 0.25) is 0 Å². The molecule has 0 aromatic rings. The summed E-state index contributed by atoms with van der Waals surface area (Å²) in [5, 5.41) is 12.3. The first-order valence-corrected chi connectivity index (χ1v) is 5.70. The maximum absolute atomic E-state index is 10.9. The second kappa shape index (κ2) is 3.58. The highest BCUT2D eigenvalue weighted by molar-refractivity contribution is 9.09. The van der Waals surface area contributed by atoms with Crippen LogP contribution in [-0.4, -0.2) is 28.5 Å². The minimum atomic E-state index is -0.631. The molecule has 4 atom stereocenters. The van der Waals surface area contributed by atoms with E-state index in [9.17, 15) is 4.79 Å². The molecule has 2 rings (SSSR count). The number of alkyl halides is 1. The van der Waals surface area contributed by atoms with Gasteiger partial charge in [0.05, 0.1) is 5.92 Å². The number of fused-ring (bicyclic) bond motifs is 1. The molecule has 1 heterocycles. The smallest absolute Gasteiger partial charge is 0.308 e. The van der Waals surface area contributed by atoms with Gasteiger partial charge in [-0.05, 0) is 25.2 Å². The lowest BCUT2D eigenvalue weighted by Crippen LogP contribution is -2.35. The van der Waals surface area contributed by atoms with Crippen molar-refractivity contribution in [1.82, 2.24) is 5.32 Å². The Hall–Kier alpha value is -0.0900. The lowest BCUT2D eigenvalue weighted by Gasteiger charge is -2.30. The lowest BCUT2D eigenvalue weighted by molar-refractivity contribution is -0.142. The summed E-state index contributed by atoms with van der Waals surface area (Å²) < 4.78 is 0. The zero-order valence-electron chi connectivity index (χ0n) is 7.37. The Kier molecular flexibility index (Phi) is 2.60. The molecule has 0 radical (unpaired) electrons. The Bertz CT molecular complexity index is 222. The standard InChI is InChI=1S/C9H14BrNO2/c10-5-1-2-6-7(9(12)13)4-11-8(6)3-5/h5-8,11H,1-4H2,(H,12,13). The molecule has 4 heteroatoms. The van der Waals surface area contributed by atoms with E-state index in [0.29, 0.717) is 23.3 Å². The molecule has 0 aromatic carbocycles. The van der Waals surface area contributed by atoms with Crippen LogP contribution in [0, 0.1) is 11.8 Å². The third-order valence-electron chi connectivity index (χ3n) is 3.27. The van der Waals surface area contributed by atoms with E-state index in [2.05, 4.69) is 21.2 Å². The predicted octanol–water partition coefficient (Wildman–Crippen LogP) is 1.22. The number of aliphatic carboxylic acids is 1. The molecule has 74 valence electrons. The van der Waals surface area contributed by atoms with Gasteiger partial charge in [-0.25, -0.2) is 0 Å². The molecular formula is C9H14BrNO2. The first-order valence-electron chi connectivity index (χ1n) is 4.78. The van der Waals surface area contributed by atoms with Gasteiger partial charge in [0.15, 0.2) is 0 Å². The molecule has 4 unspecified atom stereocenters. The van der Waals surface area contributed by atoms with Crippen molar-refractivity contribution >= 4 is 21.9 Å². The van der Waals surface area contributed by atoms with Crippen LogP contribution in [-0.2, 0) is 4.79 Å². The average Bonchev–Trinajstić information content (AvgIpc) is 2.46. The van der Waals surface area contributed by atoms with Crippen molar-refractivity contribution in [2.45, 2.75) is 30.1 Å². The maximum atomic E-state index is 10.9. The monoisotopic (exact) mass is 247 g/mol. The van der Waals surface area contributed by atoms with E-state index in [1.54, 1.807) is 0 Å². The Morgan fingerprint density at radius 2 is 2.23 bits per heavy atom. The van der Waals surface area contributed by atoms with Gasteiger partial charge < -0.3 is 10.4 Å². The van der Waals surface area contributed by atoms with Gasteiger partial charge in [0.1, 0.15) is 0 Å². The minimum Gasteiger partial charge on any atom is -0.481 e. The number of rotatable bonds is 1. The molecule has 2 N–H and O–H groups in total. The van der Waals surface area contributed by atoms with Crippen LogP contribution < -0.4 is 5.32 Å². The summed E-state index contributed by atoms with van der Waals surface area (Å²) in [5.74, 6) is -0.413. The summed E-state index contributed by atoms with van der Waals surface area (Å²) in [6, 6.07) is 0.430. The van der Waals surface area contributed by atoms with Crippen LogP contribution in [0.25, 0.3) is 0 Å². The second-order valence-electron chi connectivity index (χ2n) is 4.03. The van der Waals surface area contributed by atoms with E-state index in [4.69, 9.17) is 5.11 Å². The predicted molar refractivity (Wildman–Crippen MR) is 53.0 cm³/mol. The van der Waals surface area contributed by atoms with Gasteiger partial charge >= 0.3 is 5.97 Å². The molecule has 0 amide bonds. The highest BCUT2D eigenvalue weighted by Gasteiger charge is 2.42. The van der Waals surface area contributed by atoms with Gasteiger partial charge in [-0.2, -0.15) is 0 Å². The highest BCUT2D eigenvalue weighted by Crippen LogP contribution is 2.37. The van der Waals surface area contributed by atoms with Crippen molar-refractivity contribution in [3.8, 4) is 0 Å². The number of hydrogen-bond acceptors (Lipinski definition) is 2. The summed E-state index contributed by atoms with van der Waals surface area (Å²) in [5.41, 5.74) is 0. The third kappa shape index (κ3) is 1.74. The number of nitrogens with one attached hydrogen (secondary N) is 1. The SMILES string of the molecule is O=C(O)C1CNC2CC(Br)CCC21. The van der Waals surface area contributed by atoms with Gasteiger partial charge in [0.25, 0.3) is 0 Å². The average molecular weight is 248 g/mol. The van der Waals surface area contributed by atoms with Crippen molar-refractivity contribution in [2.24, 2.45) is 11.8 Å². The quantitative estimate of drug-likeness (QED) is 0.686. The second-order valence-corrected chi connectivity index (χ2v) is 5.33. The Morgan fingerprint density at radius 1 is 1.46 bits per heavy atom. The fraction of sp³-hybridized carbons (Fsp3) is 0.889. The molecule has 1 saturated carbocycles. The first kappa shape index (κ1) is 9.46. The van der Waals surface area contributed by atoms with E-state index in [-0.39, 0.29) is 5.92 Å². The molecule has 1 aliphatic carbocycles. The van der Waals surface area contributed by atoms with Crippen LogP contribution >= 0.6 is 15.9 Å². The van der Waals surface area contributed by atoms with Crippen molar-refractivity contribution in [3.63, 3.8) is 0 Å². The fourth-order valence-corrected chi connectivity index (χ4v) is 3.23. The van der Waals surface area contributed by atoms with Crippen LogP contribution in [0.3, 0.4) is 0 Å². The molecule has 1 saturated heterocycles. The van der Waals surface area contributed by atoms with Gasteiger partial charge in [0, 0.05) is 17.4 Å². The third-order valence-corrected chi connectivity index (χ3v) is 4.11. The molecule has 2 aliphatic rings. The van der Waals surface area contributed by atoms with Crippen molar-refractivity contribution in [2.75, 3.05) is 6.54 Å². The van der Waals surface area contributed by atoms with Crippen LogP contribution in [0.5, 0.6) is 0 Å². The van der Waals surface area contributed by atoms with Crippen LogP contribution in [0.4, 0.5) is 0 Å². The van der Waals surface area contributed by atoms with Crippen molar-refractivity contribution in [1.29, 1.82) is 0 Å². The minimum absolute atomic E-state index is 0.148. The summed E-state index contributed by atoms with van der Waals surface area (Å²) in [6.45, 7) is 0.657. The molecule has 3 nitrogen and oxygen atoms in total. The molecule has 0 spiro atoms. The van der Waals surface area contributed by atoms with Crippen molar-refractivity contribution in [3.05, 3.63) is 0 Å². The lowest BCUT2D eigenvalue weighted by atomic mass is 9.80. The summed E-state index contributed by atoms with van der Waals surface area (Å²) in [7, 11) is 0. The topological polar surface area (TPSA) is 49.3 Å². The zero-order valence-corrected chi connectivity index (χ0v) is 8.96. The molecule has 2 fully saturated rings. The van der Waals surface area contributed by atoms with Gasteiger partial charge in [-0.1, -0.05) is 15.9 Å². The fourth-order valence-electron chi connectivity index (χ4n) is 2.56. The summed E-state index contributed by atoms with van der Waals surface area (Å²) >= 11 is 3.59. The van der Waals surface area contributed by atoms with Crippen LogP contribution in [0.1, 0.15) is 19.3 Å². The Labute approximate surface area is 86.0 Å². The van der Waals surface area contributed by atoms with Crippen molar-refractivity contribution < 1.29 is 9.90 Å². The van der Waals surface area contributed by atoms with Crippen LogP contribution in [0.15, 0.2) is 0 Å². The Balaban J connectivity index is 2.04. The van der Waals surface area contributed by atoms with E-state index in [1.165, 1.54) is 0 Å². The van der Waals surface area contributed by atoms with Gasteiger partial charge in [-0.15, -0.1) is 0 Å². The highest BCUT2D eigenvalue weighted by atomic mass is 79.9. The number of carboxylic acids is 1. The Morgan fingerprint density at radius 3 is 2.92 bits per heavy atom.